The Morgan fingerprint density at radius 2 is 2.11 bits per heavy atom. The maximum absolute atomic E-state index is 11.0. The number of likely N-dealkylation sites (tertiary alicyclic amines) is 1. The van der Waals surface area contributed by atoms with Crippen molar-refractivity contribution in [3.05, 3.63) is 23.9 Å². The zero-order valence-electron chi connectivity index (χ0n) is 11.1. The predicted octanol–water partition coefficient (Wildman–Crippen LogP) is 0.784. The Balaban J connectivity index is 1.73. The van der Waals surface area contributed by atoms with Gasteiger partial charge in [0.05, 0.1) is 6.04 Å². The maximum atomic E-state index is 11.0. The zero-order chi connectivity index (χ0) is 13.1. The average molecular weight is 260 g/mol. The zero-order valence-corrected chi connectivity index (χ0v) is 11.1. The number of hydrogen-bond donors (Lipinski definition) is 1. The third-order valence-corrected chi connectivity index (χ3v) is 4.03. The van der Waals surface area contributed by atoms with Crippen LogP contribution in [0.2, 0.25) is 0 Å². The molecule has 19 heavy (non-hydrogen) atoms. The molecule has 0 aromatic carbocycles. The van der Waals surface area contributed by atoms with Gasteiger partial charge in [0.15, 0.2) is 0 Å². The van der Waals surface area contributed by atoms with Gasteiger partial charge in [-0.15, -0.1) is 0 Å². The fourth-order valence-electron chi connectivity index (χ4n) is 2.95. The van der Waals surface area contributed by atoms with E-state index in [-0.39, 0.29) is 6.04 Å². The number of hydrogen-bond acceptors (Lipinski definition) is 4. The highest BCUT2D eigenvalue weighted by molar-refractivity contribution is 5.50. The van der Waals surface area contributed by atoms with Gasteiger partial charge in [0.1, 0.15) is 5.82 Å². The molecule has 1 N–H and O–H groups in total. The SMILES string of the molecule is O=CN1CCC[C@H]1c1ccc(N2CCNCC2)nc1. The van der Waals surface area contributed by atoms with E-state index in [0.717, 1.165) is 63.4 Å². The molecule has 0 saturated carbocycles. The smallest absolute Gasteiger partial charge is 0.210 e. The van der Waals surface area contributed by atoms with Gasteiger partial charge in [-0.1, -0.05) is 6.07 Å². The van der Waals surface area contributed by atoms with Crippen molar-refractivity contribution in [2.45, 2.75) is 18.9 Å². The molecule has 2 aliphatic heterocycles. The molecule has 0 aliphatic carbocycles. The molecule has 2 fully saturated rings. The van der Waals surface area contributed by atoms with E-state index in [0.29, 0.717) is 0 Å². The Kier molecular flexibility index (Phi) is 3.64. The van der Waals surface area contributed by atoms with E-state index in [1.165, 1.54) is 0 Å². The summed E-state index contributed by atoms with van der Waals surface area (Å²) in [4.78, 5) is 19.7. The first-order chi connectivity index (χ1) is 9.38. The van der Waals surface area contributed by atoms with E-state index in [1.54, 1.807) is 0 Å². The van der Waals surface area contributed by atoms with Crippen LogP contribution in [0.1, 0.15) is 24.4 Å². The number of rotatable bonds is 3. The van der Waals surface area contributed by atoms with Crippen molar-refractivity contribution >= 4 is 12.2 Å². The van der Waals surface area contributed by atoms with Crippen molar-refractivity contribution in [3.8, 4) is 0 Å². The van der Waals surface area contributed by atoms with Crippen molar-refractivity contribution in [1.29, 1.82) is 0 Å². The van der Waals surface area contributed by atoms with Crippen LogP contribution in [0.3, 0.4) is 0 Å². The maximum Gasteiger partial charge on any atom is 0.210 e. The minimum absolute atomic E-state index is 0.224. The summed E-state index contributed by atoms with van der Waals surface area (Å²) in [5.74, 6) is 1.04. The molecule has 0 bridgehead atoms. The van der Waals surface area contributed by atoms with Gasteiger partial charge in [-0.05, 0) is 24.5 Å². The molecule has 102 valence electrons. The third-order valence-electron chi connectivity index (χ3n) is 4.03. The first-order valence-electron chi connectivity index (χ1n) is 7.01. The second-order valence-corrected chi connectivity index (χ2v) is 5.19. The molecule has 5 heteroatoms. The van der Waals surface area contributed by atoms with Gasteiger partial charge in [0.2, 0.25) is 6.41 Å². The molecule has 1 amide bonds. The minimum Gasteiger partial charge on any atom is -0.354 e. The van der Waals surface area contributed by atoms with Crippen LogP contribution in [0.5, 0.6) is 0 Å². The van der Waals surface area contributed by atoms with E-state index in [1.807, 2.05) is 11.1 Å². The van der Waals surface area contributed by atoms with Crippen molar-refractivity contribution in [2.24, 2.45) is 0 Å². The topological polar surface area (TPSA) is 48.5 Å². The molecule has 1 aromatic heterocycles. The molecule has 0 radical (unpaired) electrons. The number of aromatic nitrogens is 1. The summed E-state index contributed by atoms with van der Waals surface area (Å²) >= 11 is 0. The van der Waals surface area contributed by atoms with E-state index in [2.05, 4.69) is 27.3 Å². The summed E-state index contributed by atoms with van der Waals surface area (Å²) in [5.41, 5.74) is 1.16. The largest absolute Gasteiger partial charge is 0.354 e. The van der Waals surface area contributed by atoms with Gasteiger partial charge in [0.25, 0.3) is 0 Å². The Labute approximate surface area is 113 Å². The summed E-state index contributed by atoms with van der Waals surface area (Å²) in [6, 6.07) is 4.43. The monoisotopic (exact) mass is 260 g/mol. The van der Waals surface area contributed by atoms with E-state index < -0.39 is 0 Å². The summed E-state index contributed by atoms with van der Waals surface area (Å²) in [5, 5.41) is 3.34. The van der Waals surface area contributed by atoms with Crippen LogP contribution < -0.4 is 10.2 Å². The molecular formula is C14H20N4O. The molecule has 3 heterocycles. The number of amides is 1. The molecular weight excluding hydrogens is 240 g/mol. The van der Waals surface area contributed by atoms with Gasteiger partial charge in [-0.2, -0.15) is 0 Å². The molecule has 0 spiro atoms. The molecule has 0 unspecified atom stereocenters. The summed E-state index contributed by atoms with van der Waals surface area (Å²) in [6.45, 7) is 4.93. The van der Waals surface area contributed by atoms with Crippen LogP contribution in [-0.4, -0.2) is 49.0 Å². The molecule has 1 aromatic rings. The highest BCUT2D eigenvalue weighted by Crippen LogP contribution is 2.30. The predicted molar refractivity (Wildman–Crippen MR) is 74.1 cm³/mol. The lowest BCUT2D eigenvalue weighted by molar-refractivity contribution is -0.118. The van der Waals surface area contributed by atoms with Crippen LogP contribution in [0.4, 0.5) is 5.82 Å². The molecule has 3 rings (SSSR count). The van der Waals surface area contributed by atoms with Crippen LogP contribution in [0.25, 0.3) is 0 Å². The average Bonchev–Trinajstić information content (AvgIpc) is 2.97. The lowest BCUT2D eigenvalue weighted by atomic mass is 10.1. The lowest BCUT2D eigenvalue weighted by Crippen LogP contribution is -2.43. The number of nitrogens with one attached hydrogen (secondary N) is 1. The number of pyridine rings is 1. The van der Waals surface area contributed by atoms with Crippen molar-refractivity contribution in [2.75, 3.05) is 37.6 Å². The summed E-state index contributed by atoms with van der Waals surface area (Å²) < 4.78 is 0. The van der Waals surface area contributed by atoms with E-state index >= 15 is 0 Å². The van der Waals surface area contributed by atoms with Gasteiger partial charge in [-0.25, -0.2) is 4.98 Å². The fraction of sp³-hybridized carbons (Fsp3) is 0.571. The number of nitrogens with zero attached hydrogens (tertiary/aromatic N) is 3. The van der Waals surface area contributed by atoms with E-state index in [4.69, 9.17) is 0 Å². The van der Waals surface area contributed by atoms with Crippen LogP contribution in [0, 0.1) is 0 Å². The Morgan fingerprint density at radius 1 is 1.26 bits per heavy atom. The summed E-state index contributed by atoms with van der Waals surface area (Å²) in [7, 11) is 0. The highest BCUT2D eigenvalue weighted by Gasteiger charge is 2.25. The summed E-state index contributed by atoms with van der Waals surface area (Å²) in [6.07, 6.45) is 5.03. The van der Waals surface area contributed by atoms with Gasteiger partial charge in [0, 0.05) is 38.9 Å². The number of piperazine rings is 1. The van der Waals surface area contributed by atoms with Crippen molar-refractivity contribution < 1.29 is 4.79 Å². The third kappa shape index (κ3) is 2.56. The normalized spacial score (nSPS) is 23.7. The second-order valence-electron chi connectivity index (χ2n) is 5.19. The van der Waals surface area contributed by atoms with Crippen molar-refractivity contribution in [1.82, 2.24) is 15.2 Å². The first kappa shape index (κ1) is 12.4. The molecule has 2 aliphatic rings. The minimum atomic E-state index is 0.224. The first-order valence-corrected chi connectivity index (χ1v) is 7.01. The highest BCUT2D eigenvalue weighted by atomic mass is 16.1. The number of carbonyl (C=O) groups excluding carboxylic acids is 1. The molecule has 5 nitrogen and oxygen atoms in total. The van der Waals surface area contributed by atoms with Gasteiger partial charge < -0.3 is 15.1 Å². The van der Waals surface area contributed by atoms with Crippen LogP contribution >= 0.6 is 0 Å². The molecule has 2 saturated heterocycles. The van der Waals surface area contributed by atoms with Crippen molar-refractivity contribution in [3.63, 3.8) is 0 Å². The molecule has 1 atom stereocenters. The van der Waals surface area contributed by atoms with Crippen LogP contribution in [0.15, 0.2) is 18.3 Å². The standard InChI is InChI=1S/C14H20N4O/c19-11-18-7-1-2-13(18)12-3-4-14(16-10-12)17-8-5-15-6-9-17/h3-4,10-11,13,15H,1-2,5-9H2/t13-/m0/s1. The Morgan fingerprint density at radius 3 is 2.79 bits per heavy atom. The number of carbonyl (C=O) groups is 1. The lowest BCUT2D eigenvalue weighted by Gasteiger charge is -2.28. The Bertz CT molecular complexity index is 428. The quantitative estimate of drug-likeness (QED) is 0.816. The Hall–Kier alpha value is -1.62. The van der Waals surface area contributed by atoms with Gasteiger partial charge in [-0.3, -0.25) is 4.79 Å². The van der Waals surface area contributed by atoms with E-state index in [9.17, 15) is 4.79 Å². The fourth-order valence-corrected chi connectivity index (χ4v) is 2.95. The second kappa shape index (κ2) is 5.57. The van der Waals surface area contributed by atoms with Gasteiger partial charge >= 0.3 is 0 Å². The van der Waals surface area contributed by atoms with Crippen LogP contribution in [-0.2, 0) is 4.79 Å². The number of anilines is 1.